The van der Waals surface area contributed by atoms with Gasteiger partial charge in [-0.3, -0.25) is 0 Å². The Bertz CT molecular complexity index is 323. The first-order valence-corrected chi connectivity index (χ1v) is 4.01. The molecular formula is C12H10. The second-order valence-corrected chi connectivity index (χ2v) is 2.83. The van der Waals surface area contributed by atoms with Crippen molar-refractivity contribution in [3.63, 3.8) is 0 Å². The summed E-state index contributed by atoms with van der Waals surface area (Å²) in [5.41, 5.74) is 3.49. The minimum Gasteiger partial charge on any atom is -0.0906 e. The summed E-state index contributed by atoms with van der Waals surface area (Å²) < 4.78 is 0. The summed E-state index contributed by atoms with van der Waals surface area (Å²) in [6, 6.07) is 0. The molecule has 0 aromatic heterocycles. The van der Waals surface area contributed by atoms with E-state index in [0.717, 1.165) is 5.57 Å². The minimum atomic E-state index is 1.10. The molecule has 0 unspecified atom stereocenters. The molecule has 0 saturated carbocycles. The highest BCUT2D eigenvalue weighted by Crippen LogP contribution is 2.24. The van der Waals surface area contributed by atoms with Crippen molar-refractivity contribution in [1.82, 2.24) is 0 Å². The first kappa shape index (κ1) is 7.11. The summed E-state index contributed by atoms with van der Waals surface area (Å²) in [5, 5.41) is 0. The Morgan fingerprint density at radius 2 is 1.25 bits per heavy atom. The lowest BCUT2D eigenvalue weighted by Gasteiger charge is -2.03. The van der Waals surface area contributed by atoms with Crippen LogP contribution >= 0.6 is 0 Å². The Hall–Kier alpha value is -1.56. The summed E-state index contributed by atoms with van der Waals surface area (Å²) in [7, 11) is 0. The van der Waals surface area contributed by atoms with Crippen molar-refractivity contribution in [2.75, 3.05) is 0 Å². The Kier molecular flexibility index (Phi) is 1.67. The smallest absolute Gasteiger partial charge is 0.0183 e. The molecule has 0 nitrogen and oxygen atoms in total. The van der Waals surface area contributed by atoms with Crippen molar-refractivity contribution in [3.05, 3.63) is 71.9 Å². The van der Waals surface area contributed by atoms with E-state index in [1.54, 1.807) is 0 Å². The highest BCUT2D eigenvalue weighted by molar-refractivity contribution is 5.60. The monoisotopic (exact) mass is 154 g/mol. The molecule has 0 N–H and O–H groups in total. The first-order chi connectivity index (χ1) is 5.88. The number of fused-ring (bicyclic) bond motifs is 2. The van der Waals surface area contributed by atoms with Crippen molar-refractivity contribution in [3.8, 4) is 0 Å². The fourth-order valence-electron chi connectivity index (χ4n) is 1.32. The molecule has 0 fully saturated rings. The predicted octanol–water partition coefficient (Wildman–Crippen LogP) is 3.09. The van der Waals surface area contributed by atoms with Crippen LogP contribution in [0.3, 0.4) is 0 Å². The van der Waals surface area contributed by atoms with Crippen LogP contribution in [0.25, 0.3) is 0 Å². The quantitative estimate of drug-likeness (QED) is 0.503. The average molecular weight is 154 g/mol. The van der Waals surface area contributed by atoms with E-state index in [2.05, 4.69) is 30.9 Å². The Morgan fingerprint density at radius 3 is 1.75 bits per heavy atom. The van der Waals surface area contributed by atoms with E-state index in [1.807, 2.05) is 24.3 Å². The molecule has 0 saturated heterocycles. The Balaban J connectivity index is 2.60. The third kappa shape index (κ3) is 1.12. The number of rotatable bonds is 0. The molecule has 2 bridgehead atoms. The van der Waals surface area contributed by atoms with Gasteiger partial charge in [0.1, 0.15) is 0 Å². The molecule has 0 atom stereocenters. The standard InChI is InChI=1S/C12H10/c1-10-11-6-2-3-7-12(10)9-5-4-8-11/h2-9H,1H2. The van der Waals surface area contributed by atoms with Crippen molar-refractivity contribution in [2.24, 2.45) is 0 Å². The van der Waals surface area contributed by atoms with Gasteiger partial charge < -0.3 is 0 Å². The molecule has 2 aliphatic carbocycles. The van der Waals surface area contributed by atoms with Gasteiger partial charge in [0.05, 0.1) is 0 Å². The predicted molar refractivity (Wildman–Crippen MR) is 52.7 cm³/mol. The van der Waals surface area contributed by atoms with Crippen LogP contribution in [0.2, 0.25) is 0 Å². The number of allylic oxidation sites excluding steroid dienone is 11. The van der Waals surface area contributed by atoms with Crippen molar-refractivity contribution >= 4 is 0 Å². The number of hydrogen-bond donors (Lipinski definition) is 0. The highest BCUT2D eigenvalue weighted by Gasteiger charge is 2.05. The van der Waals surface area contributed by atoms with Crippen LogP contribution in [0, 0.1) is 0 Å². The normalized spacial score (nSPS) is 19.8. The van der Waals surface area contributed by atoms with Crippen LogP contribution in [0.1, 0.15) is 0 Å². The molecule has 12 heavy (non-hydrogen) atoms. The molecule has 2 aliphatic rings. The number of hydrogen-bond acceptors (Lipinski definition) is 0. The maximum Gasteiger partial charge on any atom is -0.0183 e. The third-order valence-electron chi connectivity index (χ3n) is 2.02. The summed E-state index contributed by atoms with van der Waals surface area (Å²) >= 11 is 0. The van der Waals surface area contributed by atoms with E-state index in [4.69, 9.17) is 0 Å². The molecule has 0 radical (unpaired) electrons. The van der Waals surface area contributed by atoms with Crippen molar-refractivity contribution < 1.29 is 0 Å². The van der Waals surface area contributed by atoms with Gasteiger partial charge in [0.2, 0.25) is 0 Å². The molecule has 0 aliphatic heterocycles. The molecule has 0 spiro atoms. The van der Waals surface area contributed by atoms with Gasteiger partial charge in [0.25, 0.3) is 0 Å². The zero-order chi connectivity index (χ0) is 8.39. The fraction of sp³-hybridized carbons (Fsp3) is 0. The third-order valence-corrected chi connectivity index (χ3v) is 2.02. The van der Waals surface area contributed by atoms with Crippen molar-refractivity contribution in [2.45, 2.75) is 0 Å². The Morgan fingerprint density at radius 1 is 0.750 bits per heavy atom. The molecule has 58 valence electrons. The average Bonchev–Trinajstić information content (AvgIpc) is 2.37. The highest BCUT2D eigenvalue weighted by atomic mass is 14.1. The van der Waals surface area contributed by atoms with Crippen LogP contribution < -0.4 is 0 Å². The Labute approximate surface area is 72.6 Å². The van der Waals surface area contributed by atoms with Gasteiger partial charge in [0, 0.05) is 0 Å². The van der Waals surface area contributed by atoms with Crippen LogP contribution in [0.5, 0.6) is 0 Å². The lowest BCUT2D eigenvalue weighted by molar-refractivity contribution is 1.52. The van der Waals surface area contributed by atoms with Gasteiger partial charge in [-0.2, -0.15) is 0 Å². The molecule has 0 amide bonds. The summed E-state index contributed by atoms with van der Waals surface area (Å²) in [5.74, 6) is 0. The maximum atomic E-state index is 4.04. The van der Waals surface area contributed by atoms with Crippen LogP contribution in [0.15, 0.2) is 71.9 Å². The van der Waals surface area contributed by atoms with Gasteiger partial charge in [-0.15, -0.1) is 0 Å². The molecule has 0 heteroatoms. The molecule has 2 rings (SSSR count). The lowest BCUT2D eigenvalue weighted by Crippen LogP contribution is -1.84. The second kappa shape index (κ2) is 2.82. The van der Waals surface area contributed by atoms with E-state index in [-0.39, 0.29) is 0 Å². The lowest BCUT2D eigenvalue weighted by atomic mass is 10.0. The molecule has 0 heterocycles. The zero-order valence-corrected chi connectivity index (χ0v) is 6.83. The second-order valence-electron chi connectivity index (χ2n) is 2.83. The van der Waals surface area contributed by atoms with E-state index >= 15 is 0 Å². The molecular weight excluding hydrogens is 144 g/mol. The molecule has 0 aromatic carbocycles. The van der Waals surface area contributed by atoms with Crippen LogP contribution in [-0.2, 0) is 0 Å². The maximum absolute atomic E-state index is 4.04. The van der Waals surface area contributed by atoms with E-state index in [0.29, 0.717) is 0 Å². The van der Waals surface area contributed by atoms with Gasteiger partial charge in [-0.05, 0) is 16.7 Å². The van der Waals surface area contributed by atoms with E-state index in [1.165, 1.54) is 11.1 Å². The van der Waals surface area contributed by atoms with Crippen molar-refractivity contribution in [1.29, 1.82) is 0 Å². The zero-order valence-electron chi connectivity index (χ0n) is 6.83. The van der Waals surface area contributed by atoms with Gasteiger partial charge in [0.15, 0.2) is 0 Å². The SMILES string of the molecule is C=C1C2=CC=CC=C1C=CC=C2. The summed E-state index contributed by atoms with van der Waals surface area (Å²) in [4.78, 5) is 0. The van der Waals surface area contributed by atoms with Gasteiger partial charge in [-0.1, -0.05) is 55.2 Å². The fourth-order valence-corrected chi connectivity index (χ4v) is 1.32. The van der Waals surface area contributed by atoms with Gasteiger partial charge >= 0.3 is 0 Å². The molecule has 0 aromatic rings. The topological polar surface area (TPSA) is 0 Å². The summed E-state index contributed by atoms with van der Waals surface area (Å²) in [6.07, 6.45) is 16.5. The largest absolute Gasteiger partial charge is 0.0906 e. The minimum absolute atomic E-state index is 1.10. The summed E-state index contributed by atoms with van der Waals surface area (Å²) in [6.45, 7) is 4.04. The first-order valence-electron chi connectivity index (χ1n) is 4.01. The van der Waals surface area contributed by atoms with E-state index in [9.17, 15) is 0 Å². The van der Waals surface area contributed by atoms with E-state index < -0.39 is 0 Å². The van der Waals surface area contributed by atoms with Gasteiger partial charge in [-0.25, -0.2) is 0 Å². The van der Waals surface area contributed by atoms with Crippen LogP contribution in [0.4, 0.5) is 0 Å². The van der Waals surface area contributed by atoms with Crippen LogP contribution in [-0.4, -0.2) is 0 Å².